The maximum absolute atomic E-state index is 9.73. The highest BCUT2D eigenvalue weighted by Gasteiger charge is 2.46. The maximum atomic E-state index is 9.73. The van der Waals surface area contributed by atoms with E-state index in [2.05, 4.69) is 37.2 Å². The molecular weight excluding hydrogens is 250 g/mol. The number of rotatable bonds is 7. The van der Waals surface area contributed by atoms with E-state index in [9.17, 15) is 5.26 Å². The molecule has 0 amide bonds. The van der Waals surface area contributed by atoms with Crippen LogP contribution < -0.4 is 5.32 Å². The lowest BCUT2D eigenvalue weighted by atomic mass is 9.92. The molecule has 1 unspecified atom stereocenters. The average molecular weight is 279 g/mol. The zero-order valence-corrected chi connectivity index (χ0v) is 13.2. The van der Waals surface area contributed by atoms with Gasteiger partial charge >= 0.3 is 0 Å². The van der Waals surface area contributed by atoms with Gasteiger partial charge in [0.05, 0.1) is 6.07 Å². The summed E-state index contributed by atoms with van der Waals surface area (Å²) < 4.78 is 5.42. The van der Waals surface area contributed by atoms with Gasteiger partial charge in [0.15, 0.2) is 0 Å². The Morgan fingerprint density at radius 1 is 1.30 bits per heavy atom. The Morgan fingerprint density at radius 2 is 1.95 bits per heavy atom. The topological polar surface area (TPSA) is 48.3 Å². The molecule has 2 aliphatic rings. The van der Waals surface area contributed by atoms with Gasteiger partial charge in [0, 0.05) is 32.3 Å². The quantitative estimate of drug-likeness (QED) is 0.774. The maximum Gasteiger partial charge on any atom is 0.122 e. The number of ether oxygens (including phenoxy) is 1. The van der Waals surface area contributed by atoms with Gasteiger partial charge in [-0.15, -0.1) is 0 Å². The van der Waals surface area contributed by atoms with Gasteiger partial charge in [0.1, 0.15) is 5.54 Å². The first-order valence-corrected chi connectivity index (χ1v) is 8.01. The third kappa shape index (κ3) is 4.18. The van der Waals surface area contributed by atoms with E-state index >= 15 is 0 Å². The predicted molar refractivity (Wildman–Crippen MR) is 80.4 cm³/mol. The second kappa shape index (κ2) is 6.89. The molecule has 2 fully saturated rings. The molecule has 2 rings (SSSR count). The lowest BCUT2D eigenvalue weighted by Gasteiger charge is -2.36. The Labute approximate surface area is 123 Å². The van der Waals surface area contributed by atoms with E-state index in [0.717, 1.165) is 45.1 Å². The molecule has 0 aromatic rings. The number of nitrogens with zero attached hydrogens (tertiary/aromatic N) is 2. The number of nitriles is 1. The molecule has 0 bridgehead atoms. The van der Waals surface area contributed by atoms with E-state index < -0.39 is 0 Å². The van der Waals surface area contributed by atoms with Gasteiger partial charge < -0.3 is 9.64 Å². The summed E-state index contributed by atoms with van der Waals surface area (Å²) in [5.41, 5.74) is -0.353. The van der Waals surface area contributed by atoms with Crippen LogP contribution in [0.4, 0.5) is 0 Å². The molecular formula is C16H29N3O. The molecule has 0 radical (unpaired) electrons. The molecule has 4 heteroatoms. The summed E-state index contributed by atoms with van der Waals surface area (Å²) in [5.74, 6) is 1.26. The van der Waals surface area contributed by atoms with Gasteiger partial charge in [-0.25, -0.2) is 0 Å². The van der Waals surface area contributed by atoms with Crippen LogP contribution >= 0.6 is 0 Å². The molecule has 0 spiro atoms. The summed E-state index contributed by atoms with van der Waals surface area (Å²) >= 11 is 0. The SMILES string of the molecule is CC(C)NC(C#N)(CN(C)CC1CCOCC1)C1CC1. The molecule has 1 aliphatic carbocycles. The molecule has 1 N–H and O–H groups in total. The molecule has 1 heterocycles. The van der Waals surface area contributed by atoms with E-state index in [1.165, 1.54) is 12.8 Å². The van der Waals surface area contributed by atoms with Gasteiger partial charge in [0.2, 0.25) is 0 Å². The highest BCUT2D eigenvalue weighted by atomic mass is 16.5. The van der Waals surface area contributed by atoms with Gasteiger partial charge in [-0.05, 0) is 58.4 Å². The summed E-state index contributed by atoms with van der Waals surface area (Å²) in [5, 5.41) is 13.3. The Morgan fingerprint density at radius 3 is 2.45 bits per heavy atom. The van der Waals surface area contributed by atoms with Crippen LogP contribution in [-0.2, 0) is 4.74 Å². The normalized spacial score (nSPS) is 23.8. The van der Waals surface area contributed by atoms with Crippen LogP contribution in [0.2, 0.25) is 0 Å². The van der Waals surface area contributed by atoms with Crippen molar-refractivity contribution in [2.24, 2.45) is 11.8 Å². The minimum Gasteiger partial charge on any atom is -0.381 e. The summed E-state index contributed by atoms with van der Waals surface area (Å²) in [4.78, 5) is 2.35. The van der Waals surface area contributed by atoms with Crippen LogP contribution in [-0.4, -0.2) is 49.8 Å². The van der Waals surface area contributed by atoms with Gasteiger partial charge in [-0.1, -0.05) is 0 Å². The van der Waals surface area contributed by atoms with E-state index in [-0.39, 0.29) is 5.54 Å². The summed E-state index contributed by atoms with van der Waals surface area (Å²) in [6, 6.07) is 2.95. The minimum absolute atomic E-state index is 0.353. The first kappa shape index (κ1) is 15.8. The standard InChI is InChI=1S/C16H29N3O/c1-13(2)18-16(11-17,15-4-5-15)12-19(3)10-14-6-8-20-9-7-14/h13-15,18H,4-10,12H2,1-3H3. The smallest absolute Gasteiger partial charge is 0.122 e. The fraction of sp³-hybridized carbons (Fsp3) is 0.938. The molecule has 114 valence electrons. The molecule has 0 aromatic heterocycles. The third-order valence-corrected chi connectivity index (χ3v) is 4.45. The van der Waals surface area contributed by atoms with Crippen LogP contribution in [0, 0.1) is 23.2 Å². The van der Waals surface area contributed by atoms with E-state index in [0.29, 0.717) is 12.0 Å². The number of hydrogen-bond acceptors (Lipinski definition) is 4. The lowest BCUT2D eigenvalue weighted by Crippen LogP contribution is -2.56. The molecule has 1 aliphatic heterocycles. The molecule has 1 saturated heterocycles. The Kier molecular flexibility index (Phi) is 5.42. The summed E-state index contributed by atoms with van der Waals surface area (Å²) in [6.45, 7) is 7.98. The monoisotopic (exact) mass is 279 g/mol. The highest BCUT2D eigenvalue weighted by molar-refractivity contribution is 5.17. The zero-order valence-electron chi connectivity index (χ0n) is 13.2. The van der Waals surface area contributed by atoms with Crippen LogP contribution in [0.1, 0.15) is 39.5 Å². The first-order chi connectivity index (χ1) is 9.55. The summed E-state index contributed by atoms with van der Waals surface area (Å²) in [7, 11) is 2.16. The fourth-order valence-corrected chi connectivity index (χ4v) is 3.40. The van der Waals surface area contributed by atoms with Crippen molar-refractivity contribution < 1.29 is 4.74 Å². The number of hydrogen-bond donors (Lipinski definition) is 1. The Hall–Kier alpha value is -0.630. The summed E-state index contributed by atoms with van der Waals surface area (Å²) in [6.07, 6.45) is 4.70. The number of nitrogens with one attached hydrogen (secondary N) is 1. The van der Waals surface area contributed by atoms with Crippen LogP contribution in [0.25, 0.3) is 0 Å². The van der Waals surface area contributed by atoms with Crippen molar-refractivity contribution in [3.63, 3.8) is 0 Å². The van der Waals surface area contributed by atoms with E-state index in [1.807, 2.05) is 0 Å². The van der Waals surface area contributed by atoms with Crippen molar-refractivity contribution >= 4 is 0 Å². The Balaban J connectivity index is 1.91. The van der Waals surface area contributed by atoms with Crippen LogP contribution in [0.5, 0.6) is 0 Å². The van der Waals surface area contributed by atoms with Crippen LogP contribution in [0.3, 0.4) is 0 Å². The molecule has 20 heavy (non-hydrogen) atoms. The zero-order chi connectivity index (χ0) is 14.6. The van der Waals surface area contributed by atoms with Crippen LogP contribution in [0.15, 0.2) is 0 Å². The second-order valence-corrected chi connectivity index (χ2v) is 6.91. The number of likely N-dealkylation sites (N-methyl/N-ethyl adjacent to an activating group) is 1. The highest BCUT2D eigenvalue weighted by Crippen LogP contribution is 2.40. The molecule has 0 aromatic carbocycles. The van der Waals surface area contributed by atoms with Crippen molar-refractivity contribution in [2.45, 2.75) is 51.1 Å². The lowest BCUT2D eigenvalue weighted by molar-refractivity contribution is 0.0526. The van der Waals surface area contributed by atoms with Crippen molar-refractivity contribution in [1.29, 1.82) is 5.26 Å². The largest absolute Gasteiger partial charge is 0.381 e. The predicted octanol–water partition coefficient (Wildman–Crippen LogP) is 2.02. The van der Waals surface area contributed by atoms with Gasteiger partial charge in [0.25, 0.3) is 0 Å². The molecule has 1 saturated carbocycles. The van der Waals surface area contributed by atoms with Gasteiger partial charge in [-0.3, -0.25) is 5.32 Å². The van der Waals surface area contributed by atoms with E-state index in [4.69, 9.17) is 4.74 Å². The fourth-order valence-electron chi connectivity index (χ4n) is 3.40. The Bertz CT molecular complexity index is 342. The van der Waals surface area contributed by atoms with Crippen molar-refractivity contribution in [3.8, 4) is 6.07 Å². The van der Waals surface area contributed by atoms with Crippen molar-refractivity contribution in [3.05, 3.63) is 0 Å². The van der Waals surface area contributed by atoms with Crippen molar-refractivity contribution in [1.82, 2.24) is 10.2 Å². The molecule has 1 atom stereocenters. The second-order valence-electron chi connectivity index (χ2n) is 6.91. The van der Waals surface area contributed by atoms with Crippen molar-refractivity contribution in [2.75, 3.05) is 33.4 Å². The third-order valence-electron chi connectivity index (χ3n) is 4.45. The van der Waals surface area contributed by atoms with E-state index in [1.54, 1.807) is 0 Å². The first-order valence-electron chi connectivity index (χ1n) is 8.01. The minimum atomic E-state index is -0.353. The molecule has 4 nitrogen and oxygen atoms in total. The average Bonchev–Trinajstić information content (AvgIpc) is 3.23. The van der Waals surface area contributed by atoms with Gasteiger partial charge in [-0.2, -0.15) is 5.26 Å².